The Balaban J connectivity index is 2.39. The van der Waals surface area contributed by atoms with Crippen LogP contribution < -0.4 is 0 Å². The maximum Gasteiger partial charge on any atom is 0.170 e. The molecule has 2 aromatic rings. The van der Waals surface area contributed by atoms with Gasteiger partial charge in [0.15, 0.2) is 11.4 Å². The van der Waals surface area contributed by atoms with Crippen molar-refractivity contribution in [2.24, 2.45) is 0 Å². The molecule has 3 nitrogen and oxygen atoms in total. The van der Waals surface area contributed by atoms with Crippen LogP contribution in [0.15, 0.2) is 28.7 Å². The van der Waals surface area contributed by atoms with Crippen molar-refractivity contribution in [1.29, 1.82) is 0 Å². The zero-order valence-corrected chi connectivity index (χ0v) is 9.87. The number of hydrogen-bond acceptors (Lipinski definition) is 3. The van der Waals surface area contributed by atoms with E-state index in [4.69, 9.17) is 9.15 Å². The van der Waals surface area contributed by atoms with Crippen LogP contribution in [0, 0.1) is 5.82 Å². The van der Waals surface area contributed by atoms with Gasteiger partial charge < -0.3 is 14.3 Å². The first-order valence-electron chi connectivity index (χ1n) is 5.44. The Labute approximate surface area is 98.8 Å². The molecule has 2 rings (SSSR count). The number of methoxy groups -OCH3 is 1. The van der Waals surface area contributed by atoms with Gasteiger partial charge in [0.05, 0.1) is 0 Å². The van der Waals surface area contributed by atoms with Crippen molar-refractivity contribution < 1.29 is 18.7 Å². The van der Waals surface area contributed by atoms with Crippen LogP contribution in [0.4, 0.5) is 4.39 Å². The van der Waals surface area contributed by atoms with Gasteiger partial charge in [-0.05, 0) is 19.1 Å². The molecule has 1 unspecified atom stereocenters. The standard InChI is InChI=1S/C13H15FO3/c1-13(15,6-7-16-2)11-8-9-4-3-5-10(14)12(9)17-11/h3-5,8,15H,6-7H2,1-2H3. The molecule has 0 saturated carbocycles. The van der Waals surface area contributed by atoms with Gasteiger partial charge in [-0.25, -0.2) is 4.39 Å². The third-order valence-corrected chi connectivity index (χ3v) is 2.82. The SMILES string of the molecule is COCCC(C)(O)c1cc2cccc(F)c2o1. The van der Waals surface area contributed by atoms with Gasteiger partial charge in [-0.1, -0.05) is 12.1 Å². The molecule has 4 heteroatoms. The van der Waals surface area contributed by atoms with Crippen molar-refractivity contribution in [2.45, 2.75) is 18.9 Å². The van der Waals surface area contributed by atoms with Gasteiger partial charge in [0.25, 0.3) is 0 Å². The van der Waals surface area contributed by atoms with E-state index >= 15 is 0 Å². The molecule has 0 amide bonds. The van der Waals surface area contributed by atoms with Crippen LogP contribution in [0.3, 0.4) is 0 Å². The van der Waals surface area contributed by atoms with E-state index in [1.165, 1.54) is 6.07 Å². The van der Waals surface area contributed by atoms with E-state index in [9.17, 15) is 9.50 Å². The number of fused-ring (bicyclic) bond motifs is 1. The van der Waals surface area contributed by atoms with Crippen LogP contribution in [-0.4, -0.2) is 18.8 Å². The molecule has 92 valence electrons. The third kappa shape index (κ3) is 2.33. The summed E-state index contributed by atoms with van der Waals surface area (Å²) in [5.74, 6) is -0.0639. The second kappa shape index (κ2) is 4.47. The van der Waals surface area contributed by atoms with Gasteiger partial charge in [0.2, 0.25) is 0 Å². The Bertz CT molecular complexity index is 516. The van der Waals surface area contributed by atoms with Crippen molar-refractivity contribution >= 4 is 11.0 Å². The van der Waals surface area contributed by atoms with Gasteiger partial charge in [-0.2, -0.15) is 0 Å². The number of para-hydroxylation sites is 1. The molecular weight excluding hydrogens is 223 g/mol. The summed E-state index contributed by atoms with van der Waals surface area (Å²) < 4.78 is 23.7. The quantitative estimate of drug-likeness (QED) is 0.890. The molecule has 0 aliphatic heterocycles. The average molecular weight is 238 g/mol. The topological polar surface area (TPSA) is 42.6 Å². The monoisotopic (exact) mass is 238 g/mol. The Morgan fingerprint density at radius 1 is 1.47 bits per heavy atom. The highest BCUT2D eigenvalue weighted by molar-refractivity contribution is 5.78. The smallest absolute Gasteiger partial charge is 0.170 e. The summed E-state index contributed by atoms with van der Waals surface area (Å²) >= 11 is 0. The first-order chi connectivity index (χ1) is 8.04. The van der Waals surface area contributed by atoms with Crippen LogP contribution in [0.2, 0.25) is 0 Å². The van der Waals surface area contributed by atoms with Gasteiger partial charge in [0, 0.05) is 25.5 Å². The largest absolute Gasteiger partial charge is 0.455 e. The fraction of sp³-hybridized carbons (Fsp3) is 0.385. The van der Waals surface area contributed by atoms with Crippen LogP contribution in [0.1, 0.15) is 19.1 Å². The number of hydrogen-bond donors (Lipinski definition) is 1. The number of aliphatic hydroxyl groups is 1. The second-order valence-electron chi connectivity index (χ2n) is 4.29. The van der Waals surface area contributed by atoms with E-state index in [-0.39, 0.29) is 5.58 Å². The Morgan fingerprint density at radius 3 is 2.88 bits per heavy atom. The third-order valence-electron chi connectivity index (χ3n) is 2.82. The highest BCUT2D eigenvalue weighted by atomic mass is 19.1. The van der Waals surface area contributed by atoms with Gasteiger partial charge >= 0.3 is 0 Å². The summed E-state index contributed by atoms with van der Waals surface area (Å²) in [5, 5.41) is 10.9. The Hall–Kier alpha value is -1.39. The zero-order chi connectivity index (χ0) is 12.5. The van der Waals surface area contributed by atoms with Crippen LogP contribution in [0.25, 0.3) is 11.0 Å². The van der Waals surface area contributed by atoms with Crippen LogP contribution in [-0.2, 0) is 10.3 Å². The minimum atomic E-state index is -1.15. The van der Waals surface area contributed by atoms with Crippen molar-refractivity contribution in [2.75, 3.05) is 13.7 Å². The molecule has 0 fully saturated rings. The lowest BCUT2D eigenvalue weighted by Crippen LogP contribution is -2.22. The number of furan rings is 1. The van der Waals surface area contributed by atoms with E-state index in [0.29, 0.717) is 24.2 Å². The van der Waals surface area contributed by atoms with Crippen molar-refractivity contribution in [3.05, 3.63) is 35.8 Å². The van der Waals surface area contributed by atoms with Crippen molar-refractivity contribution in [1.82, 2.24) is 0 Å². The van der Waals surface area contributed by atoms with Gasteiger partial charge in [-0.15, -0.1) is 0 Å². The van der Waals surface area contributed by atoms with Gasteiger partial charge in [0.1, 0.15) is 11.4 Å². The molecule has 0 saturated heterocycles. The van der Waals surface area contributed by atoms with E-state index in [1.54, 1.807) is 32.2 Å². The second-order valence-corrected chi connectivity index (χ2v) is 4.29. The molecule has 17 heavy (non-hydrogen) atoms. The van der Waals surface area contributed by atoms with E-state index < -0.39 is 11.4 Å². The predicted octanol–water partition coefficient (Wildman–Crippen LogP) is 2.82. The first kappa shape index (κ1) is 12.1. The fourth-order valence-corrected chi connectivity index (χ4v) is 1.72. The summed E-state index contributed by atoms with van der Waals surface area (Å²) in [5.41, 5.74) is -0.971. The summed E-state index contributed by atoms with van der Waals surface area (Å²) in [7, 11) is 1.56. The van der Waals surface area contributed by atoms with E-state index in [2.05, 4.69) is 0 Å². The van der Waals surface area contributed by atoms with Crippen molar-refractivity contribution in [3.63, 3.8) is 0 Å². The summed E-state index contributed by atoms with van der Waals surface area (Å²) in [6, 6.07) is 6.35. The Morgan fingerprint density at radius 2 is 2.24 bits per heavy atom. The number of halogens is 1. The normalized spacial score (nSPS) is 15.1. The minimum absolute atomic E-state index is 0.181. The maximum absolute atomic E-state index is 13.4. The lowest BCUT2D eigenvalue weighted by atomic mass is 9.99. The predicted molar refractivity (Wildman–Crippen MR) is 62.2 cm³/mol. The lowest BCUT2D eigenvalue weighted by molar-refractivity contribution is 0.00393. The van der Waals surface area contributed by atoms with Gasteiger partial charge in [-0.3, -0.25) is 0 Å². The zero-order valence-electron chi connectivity index (χ0n) is 9.87. The fourth-order valence-electron chi connectivity index (χ4n) is 1.72. The van der Waals surface area contributed by atoms with Crippen LogP contribution >= 0.6 is 0 Å². The number of benzene rings is 1. The number of ether oxygens (including phenoxy) is 1. The van der Waals surface area contributed by atoms with E-state index in [1.807, 2.05) is 0 Å². The molecule has 1 N–H and O–H groups in total. The molecule has 1 aromatic carbocycles. The minimum Gasteiger partial charge on any atom is -0.455 e. The highest BCUT2D eigenvalue weighted by Gasteiger charge is 2.27. The lowest BCUT2D eigenvalue weighted by Gasteiger charge is -2.19. The molecule has 1 aromatic heterocycles. The average Bonchev–Trinajstić information content (AvgIpc) is 2.72. The molecule has 0 aliphatic rings. The molecular formula is C13H15FO3. The molecule has 0 bridgehead atoms. The number of rotatable bonds is 4. The summed E-state index contributed by atoms with van der Waals surface area (Å²) in [6.45, 7) is 2.04. The molecule has 0 aliphatic carbocycles. The molecule has 1 atom stereocenters. The van der Waals surface area contributed by atoms with E-state index in [0.717, 1.165) is 0 Å². The van der Waals surface area contributed by atoms with Crippen LogP contribution in [0.5, 0.6) is 0 Å². The molecule has 1 heterocycles. The Kier molecular flexibility index (Phi) is 3.17. The molecule has 0 spiro atoms. The van der Waals surface area contributed by atoms with Crippen molar-refractivity contribution in [3.8, 4) is 0 Å². The highest BCUT2D eigenvalue weighted by Crippen LogP contribution is 2.31. The summed E-state index contributed by atoms with van der Waals surface area (Å²) in [6.07, 6.45) is 0.394. The molecule has 0 radical (unpaired) electrons. The summed E-state index contributed by atoms with van der Waals surface area (Å²) in [4.78, 5) is 0. The first-order valence-corrected chi connectivity index (χ1v) is 5.44. The maximum atomic E-state index is 13.4.